The zero-order valence-corrected chi connectivity index (χ0v) is 21.5. The number of piperidine rings is 2. The van der Waals surface area contributed by atoms with E-state index in [1.165, 1.54) is 6.07 Å². The molecule has 2 aromatic rings. The van der Waals surface area contributed by atoms with E-state index in [-0.39, 0.29) is 22.5 Å². The smallest absolute Gasteiger partial charge is 0.338 e. The summed E-state index contributed by atoms with van der Waals surface area (Å²) in [7, 11) is 0. The maximum absolute atomic E-state index is 13.3. The summed E-state index contributed by atoms with van der Waals surface area (Å²) in [6.45, 7) is 5.72. The SMILES string of the molecule is CCOC(=O)c1ccc(CCNC(=O)c2cc([N+](=O)[O-])c(N3CCCCC3)cc2N2CCCCC2)cc1. The highest BCUT2D eigenvalue weighted by molar-refractivity contribution is 6.02. The van der Waals surface area contributed by atoms with E-state index in [1.807, 2.05) is 18.2 Å². The number of nitro benzene ring substituents is 1. The molecule has 9 heteroatoms. The Balaban J connectivity index is 1.52. The summed E-state index contributed by atoms with van der Waals surface area (Å²) in [5.74, 6) is -0.667. The first-order chi connectivity index (χ1) is 18.0. The molecule has 1 amide bonds. The number of anilines is 2. The number of ether oxygens (including phenoxy) is 1. The number of nitrogens with zero attached hydrogens (tertiary/aromatic N) is 3. The number of nitrogens with one attached hydrogen (secondary N) is 1. The van der Waals surface area contributed by atoms with Gasteiger partial charge in [0.05, 0.1) is 28.3 Å². The minimum absolute atomic E-state index is 0.0117. The first-order valence-corrected chi connectivity index (χ1v) is 13.3. The predicted molar refractivity (Wildman–Crippen MR) is 144 cm³/mol. The van der Waals surface area contributed by atoms with E-state index in [2.05, 4.69) is 15.1 Å². The Hall–Kier alpha value is -3.62. The second-order valence-corrected chi connectivity index (χ2v) is 9.63. The fourth-order valence-electron chi connectivity index (χ4n) is 5.12. The van der Waals surface area contributed by atoms with Gasteiger partial charge in [-0.3, -0.25) is 14.9 Å². The average molecular weight is 509 g/mol. The Morgan fingerprint density at radius 2 is 1.51 bits per heavy atom. The van der Waals surface area contributed by atoms with Crippen LogP contribution in [-0.4, -0.2) is 56.1 Å². The molecule has 2 aromatic carbocycles. The zero-order valence-electron chi connectivity index (χ0n) is 21.5. The third-order valence-electron chi connectivity index (χ3n) is 7.09. The molecular formula is C28H36N4O5. The van der Waals surface area contributed by atoms with Gasteiger partial charge in [-0.15, -0.1) is 0 Å². The van der Waals surface area contributed by atoms with Crippen LogP contribution in [-0.2, 0) is 11.2 Å². The number of nitro groups is 1. The number of hydrogen-bond donors (Lipinski definition) is 1. The molecule has 198 valence electrons. The van der Waals surface area contributed by atoms with E-state index < -0.39 is 0 Å². The molecule has 2 fully saturated rings. The molecule has 0 aromatic heterocycles. The molecule has 0 atom stereocenters. The van der Waals surface area contributed by atoms with Crippen LogP contribution in [0.25, 0.3) is 0 Å². The Labute approximate surface area is 217 Å². The number of esters is 1. The first-order valence-electron chi connectivity index (χ1n) is 13.3. The van der Waals surface area contributed by atoms with Crippen LogP contribution in [0.1, 0.15) is 71.7 Å². The summed E-state index contributed by atoms with van der Waals surface area (Å²) in [6, 6.07) is 10.5. The average Bonchev–Trinajstić information content (AvgIpc) is 2.93. The lowest BCUT2D eigenvalue weighted by Crippen LogP contribution is -2.35. The van der Waals surface area contributed by atoms with Crippen molar-refractivity contribution >= 4 is 28.9 Å². The third kappa shape index (κ3) is 6.58. The minimum atomic E-state index is -0.369. The molecule has 4 rings (SSSR count). The summed E-state index contributed by atoms with van der Waals surface area (Å²) in [5, 5.41) is 15.0. The molecule has 2 aliphatic rings. The van der Waals surface area contributed by atoms with Crippen molar-refractivity contribution in [2.45, 2.75) is 51.9 Å². The molecule has 9 nitrogen and oxygen atoms in total. The standard InChI is InChI=1S/C28H36N4O5/c1-2-37-28(34)22-11-9-21(10-12-22)13-14-29-27(33)23-19-26(32(35)36)25(31-17-7-4-8-18-31)20-24(23)30-15-5-3-6-16-30/h9-12,19-20H,2-8,13-18H2,1H3,(H,29,33). The number of carbonyl (C=O) groups excluding carboxylic acids is 2. The van der Waals surface area contributed by atoms with Gasteiger partial charge in [-0.2, -0.15) is 0 Å². The third-order valence-corrected chi connectivity index (χ3v) is 7.09. The maximum Gasteiger partial charge on any atom is 0.338 e. The summed E-state index contributed by atoms with van der Waals surface area (Å²) < 4.78 is 5.01. The van der Waals surface area contributed by atoms with Gasteiger partial charge < -0.3 is 19.9 Å². The fourth-order valence-corrected chi connectivity index (χ4v) is 5.12. The molecule has 2 saturated heterocycles. The summed E-state index contributed by atoms with van der Waals surface area (Å²) in [4.78, 5) is 41.2. The lowest BCUT2D eigenvalue weighted by atomic mass is 10.0. The normalized spacial score (nSPS) is 15.8. The van der Waals surface area contributed by atoms with Crippen molar-refractivity contribution in [2.75, 3.05) is 49.1 Å². The highest BCUT2D eigenvalue weighted by Gasteiger charge is 2.28. The van der Waals surface area contributed by atoms with Crippen molar-refractivity contribution in [3.8, 4) is 0 Å². The van der Waals surface area contributed by atoms with Crippen LogP contribution in [0, 0.1) is 10.1 Å². The highest BCUT2D eigenvalue weighted by atomic mass is 16.6. The Morgan fingerprint density at radius 1 is 0.919 bits per heavy atom. The van der Waals surface area contributed by atoms with Gasteiger partial charge in [0.25, 0.3) is 11.6 Å². The maximum atomic E-state index is 13.3. The molecule has 0 spiro atoms. The molecule has 0 radical (unpaired) electrons. The van der Waals surface area contributed by atoms with E-state index in [9.17, 15) is 19.7 Å². The molecule has 2 heterocycles. The second kappa shape index (κ2) is 12.6. The molecule has 0 saturated carbocycles. The molecule has 0 aliphatic carbocycles. The Morgan fingerprint density at radius 3 is 2.08 bits per heavy atom. The quantitative estimate of drug-likeness (QED) is 0.297. The van der Waals surface area contributed by atoms with Gasteiger partial charge >= 0.3 is 5.97 Å². The molecule has 1 N–H and O–H groups in total. The van der Waals surface area contributed by atoms with Crippen molar-refractivity contribution in [2.24, 2.45) is 0 Å². The van der Waals surface area contributed by atoms with Gasteiger partial charge in [0.15, 0.2) is 0 Å². The second-order valence-electron chi connectivity index (χ2n) is 9.63. The first kappa shape index (κ1) is 26.4. The van der Waals surface area contributed by atoms with E-state index in [0.717, 1.165) is 76.0 Å². The molecule has 37 heavy (non-hydrogen) atoms. The van der Waals surface area contributed by atoms with Crippen LogP contribution < -0.4 is 15.1 Å². The van der Waals surface area contributed by atoms with Crippen LogP contribution in [0.5, 0.6) is 0 Å². The van der Waals surface area contributed by atoms with Crippen molar-refractivity contribution in [3.63, 3.8) is 0 Å². The lowest BCUT2D eigenvalue weighted by Gasteiger charge is -2.33. The van der Waals surface area contributed by atoms with Gasteiger partial charge in [0.1, 0.15) is 5.69 Å². The zero-order chi connectivity index (χ0) is 26.2. The number of rotatable bonds is 9. The highest BCUT2D eigenvalue weighted by Crippen LogP contribution is 2.38. The minimum Gasteiger partial charge on any atom is -0.462 e. The Kier molecular flexibility index (Phi) is 8.98. The summed E-state index contributed by atoms with van der Waals surface area (Å²) in [6.07, 6.45) is 6.96. The topological polar surface area (TPSA) is 105 Å². The van der Waals surface area contributed by atoms with Crippen LogP contribution in [0.4, 0.5) is 17.1 Å². The summed E-state index contributed by atoms with van der Waals surface area (Å²) >= 11 is 0. The van der Waals surface area contributed by atoms with Crippen LogP contribution in [0.3, 0.4) is 0 Å². The van der Waals surface area contributed by atoms with Crippen molar-refractivity contribution < 1.29 is 19.2 Å². The van der Waals surface area contributed by atoms with Crippen LogP contribution in [0.2, 0.25) is 0 Å². The van der Waals surface area contributed by atoms with E-state index in [0.29, 0.717) is 36.4 Å². The van der Waals surface area contributed by atoms with Crippen molar-refractivity contribution in [1.82, 2.24) is 5.32 Å². The van der Waals surface area contributed by atoms with E-state index in [4.69, 9.17) is 4.74 Å². The molecule has 0 bridgehead atoms. The van der Waals surface area contributed by atoms with Crippen LogP contribution in [0.15, 0.2) is 36.4 Å². The number of benzene rings is 2. The monoisotopic (exact) mass is 508 g/mol. The molecule has 0 unspecified atom stereocenters. The van der Waals surface area contributed by atoms with E-state index >= 15 is 0 Å². The number of amides is 1. The molecular weight excluding hydrogens is 472 g/mol. The van der Waals surface area contributed by atoms with Crippen LogP contribution >= 0.6 is 0 Å². The van der Waals surface area contributed by atoms with Gasteiger partial charge in [0.2, 0.25) is 0 Å². The number of hydrogen-bond acceptors (Lipinski definition) is 7. The molecule has 2 aliphatic heterocycles. The number of carbonyl (C=O) groups is 2. The largest absolute Gasteiger partial charge is 0.462 e. The van der Waals surface area contributed by atoms with Gasteiger partial charge in [-0.25, -0.2) is 4.79 Å². The van der Waals surface area contributed by atoms with E-state index in [1.54, 1.807) is 19.1 Å². The van der Waals surface area contributed by atoms with Gasteiger partial charge in [-0.05, 0) is 75.6 Å². The lowest BCUT2D eigenvalue weighted by molar-refractivity contribution is -0.384. The van der Waals surface area contributed by atoms with Gasteiger partial charge in [-0.1, -0.05) is 12.1 Å². The Bertz CT molecular complexity index is 1110. The summed E-state index contributed by atoms with van der Waals surface area (Å²) in [5.41, 5.74) is 3.19. The predicted octanol–water partition coefficient (Wildman–Crippen LogP) is 4.72. The van der Waals surface area contributed by atoms with Gasteiger partial charge in [0, 0.05) is 38.8 Å². The van der Waals surface area contributed by atoms with Crippen molar-refractivity contribution in [3.05, 3.63) is 63.2 Å². The fraction of sp³-hybridized carbons (Fsp3) is 0.500. The van der Waals surface area contributed by atoms with Crippen molar-refractivity contribution in [1.29, 1.82) is 0 Å².